The van der Waals surface area contributed by atoms with Gasteiger partial charge in [0, 0.05) is 43.7 Å². The molecule has 1 aromatic carbocycles. The van der Waals surface area contributed by atoms with E-state index in [0.29, 0.717) is 5.92 Å². The summed E-state index contributed by atoms with van der Waals surface area (Å²) in [6, 6.07) is 10.1. The SMILES string of the molecule is CN(C)c1nc(CN2CCCC(c3nc(-c4ccccc4)n[nH]3)C2)ns1. The lowest BCUT2D eigenvalue weighted by Crippen LogP contribution is -2.34. The van der Waals surface area contributed by atoms with Crippen molar-refractivity contribution in [3.8, 4) is 11.4 Å². The standard InChI is InChI=1S/C18H23N7S/c1-24(2)18-19-15(23-26-18)12-25-10-6-9-14(11-25)17-20-16(21-22-17)13-7-4-3-5-8-13/h3-5,7-8,14H,6,9-12H2,1-2H3,(H,20,21,22). The fraction of sp³-hybridized carbons (Fsp3) is 0.444. The van der Waals surface area contributed by atoms with Crippen LogP contribution >= 0.6 is 11.5 Å². The number of aromatic nitrogens is 5. The Morgan fingerprint density at radius 3 is 2.85 bits per heavy atom. The Kier molecular flexibility index (Phi) is 4.94. The van der Waals surface area contributed by atoms with E-state index in [1.54, 1.807) is 0 Å². The quantitative estimate of drug-likeness (QED) is 0.745. The number of hydrogen-bond acceptors (Lipinski definition) is 7. The molecular weight excluding hydrogens is 346 g/mol. The lowest BCUT2D eigenvalue weighted by atomic mass is 9.97. The van der Waals surface area contributed by atoms with Crippen molar-refractivity contribution in [2.45, 2.75) is 25.3 Å². The molecule has 1 fully saturated rings. The topological polar surface area (TPSA) is 73.8 Å². The fourth-order valence-corrected chi connectivity index (χ4v) is 3.88. The van der Waals surface area contributed by atoms with Crippen LogP contribution in [-0.4, -0.2) is 56.6 Å². The zero-order chi connectivity index (χ0) is 17.9. The number of hydrogen-bond donors (Lipinski definition) is 1. The summed E-state index contributed by atoms with van der Waals surface area (Å²) in [6.07, 6.45) is 2.28. The molecule has 136 valence electrons. The summed E-state index contributed by atoms with van der Waals surface area (Å²) in [4.78, 5) is 13.8. The van der Waals surface area contributed by atoms with Crippen LogP contribution in [0.5, 0.6) is 0 Å². The van der Waals surface area contributed by atoms with Crippen LogP contribution in [0, 0.1) is 0 Å². The number of likely N-dealkylation sites (tertiary alicyclic amines) is 1. The molecule has 1 N–H and O–H groups in total. The van der Waals surface area contributed by atoms with Crippen molar-refractivity contribution >= 4 is 16.7 Å². The second kappa shape index (κ2) is 7.51. The maximum Gasteiger partial charge on any atom is 0.204 e. The number of aromatic amines is 1. The van der Waals surface area contributed by atoms with Gasteiger partial charge in [0.15, 0.2) is 11.6 Å². The first-order valence-electron chi connectivity index (χ1n) is 8.89. The molecule has 1 aliphatic heterocycles. The number of nitrogens with one attached hydrogen (secondary N) is 1. The third kappa shape index (κ3) is 3.76. The molecule has 1 atom stereocenters. The van der Waals surface area contributed by atoms with Crippen LogP contribution in [0.15, 0.2) is 30.3 Å². The minimum absolute atomic E-state index is 0.376. The van der Waals surface area contributed by atoms with Gasteiger partial charge in [-0.1, -0.05) is 30.3 Å². The molecule has 0 radical (unpaired) electrons. The summed E-state index contributed by atoms with van der Waals surface area (Å²) in [7, 11) is 3.99. The molecule has 8 heteroatoms. The molecule has 26 heavy (non-hydrogen) atoms. The number of anilines is 1. The number of H-pyrrole nitrogens is 1. The van der Waals surface area contributed by atoms with Crippen LogP contribution < -0.4 is 4.90 Å². The van der Waals surface area contributed by atoms with Gasteiger partial charge in [0.25, 0.3) is 0 Å². The lowest BCUT2D eigenvalue weighted by molar-refractivity contribution is 0.193. The normalized spacial score (nSPS) is 18.2. The summed E-state index contributed by atoms with van der Waals surface area (Å²) in [5.74, 6) is 3.03. The molecule has 0 aliphatic carbocycles. The second-order valence-electron chi connectivity index (χ2n) is 6.87. The van der Waals surface area contributed by atoms with Gasteiger partial charge in [0.1, 0.15) is 5.82 Å². The van der Waals surface area contributed by atoms with Gasteiger partial charge >= 0.3 is 0 Å². The number of piperidine rings is 1. The first kappa shape index (κ1) is 17.1. The minimum atomic E-state index is 0.376. The molecule has 0 bridgehead atoms. The Hall–Kier alpha value is -2.32. The van der Waals surface area contributed by atoms with Crippen LogP contribution in [-0.2, 0) is 6.54 Å². The van der Waals surface area contributed by atoms with Crippen molar-refractivity contribution in [3.63, 3.8) is 0 Å². The van der Waals surface area contributed by atoms with Gasteiger partial charge in [-0.05, 0) is 19.4 Å². The summed E-state index contributed by atoms with van der Waals surface area (Å²) in [6.45, 7) is 2.83. The predicted molar refractivity (Wildman–Crippen MR) is 103 cm³/mol. The predicted octanol–water partition coefficient (Wildman–Crippen LogP) is 2.77. The second-order valence-corrected chi connectivity index (χ2v) is 7.60. The fourth-order valence-electron chi connectivity index (χ4n) is 3.29. The number of nitrogens with zero attached hydrogens (tertiary/aromatic N) is 6. The van der Waals surface area contributed by atoms with Crippen LogP contribution in [0.3, 0.4) is 0 Å². The molecule has 1 saturated heterocycles. The smallest absolute Gasteiger partial charge is 0.204 e. The van der Waals surface area contributed by atoms with E-state index in [9.17, 15) is 0 Å². The van der Waals surface area contributed by atoms with Gasteiger partial charge in [-0.15, -0.1) is 0 Å². The maximum absolute atomic E-state index is 4.74. The van der Waals surface area contributed by atoms with Crippen molar-refractivity contribution in [3.05, 3.63) is 42.0 Å². The number of benzene rings is 1. The summed E-state index contributed by atoms with van der Waals surface area (Å²) in [5.41, 5.74) is 1.05. The molecule has 3 aromatic rings. The minimum Gasteiger partial charge on any atom is -0.353 e. The van der Waals surface area contributed by atoms with Crippen LogP contribution in [0.1, 0.15) is 30.4 Å². The summed E-state index contributed by atoms with van der Waals surface area (Å²) in [5, 5.41) is 8.52. The first-order valence-corrected chi connectivity index (χ1v) is 9.66. The van der Waals surface area contributed by atoms with E-state index in [1.165, 1.54) is 11.5 Å². The van der Waals surface area contributed by atoms with Crippen LogP contribution in [0.4, 0.5) is 5.13 Å². The molecule has 7 nitrogen and oxygen atoms in total. The molecule has 1 unspecified atom stereocenters. The maximum atomic E-state index is 4.74. The van der Waals surface area contributed by atoms with Crippen molar-refractivity contribution in [1.82, 2.24) is 29.4 Å². The van der Waals surface area contributed by atoms with E-state index in [1.807, 2.05) is 49.3 Å². The Morgan fingerprint density at radius 2 is 2.08 bits per heavy atom. The van der Waals surface area contributed by atoms with Crippen LogP contribution in [0.2, 0.25) is 0 Å². The Labute approximate surface area is 157 Å². The van der Waals surface area contributed by atoms with E-state index in [2.05, 4.69) is 24.5 Å². The largest absolute Gasteiger partial charge is 0.353 e. The molecule has 4 rings (SSSR count). The van der Waals surface area contributed by atoms with Gasteiger partial charge in [-0.3, -0.25) is 10.00 Å². The van der Waals surface area contributed by atoms with E-state index in [4.69, 9.17) is 4.98 Å². The van der Waals surface area contributed by atoms with Crippen molar-refractivity contribution < 1.29 is 0 Å². The Morgan fingerprint density at radius 1 is 1.23 bits per heavy atom. The number of rotatable bonds is 5. The van der Waals surface area contributed by atoms with E-state index in [0.717, 1.165) is 60.6 Å². The zero-order valence-corrected chi connectivity index (χ0v) is 15.9. The van der Waals surface area contributed by atoms with Crippen molar-refractivity contribution in [2.75, 3.05) is 32.1 Å². The van der Waals surface area contributed by atoms with Gasteiger partial charge in [0.2, 0.25) is 5.13 Å². The van der Waals surface area contributed by atoms with Crippen molar-refractivity contribution in [1.29, 1.82) is 0 Å². The molecule has 3 heterocycles. The van der Waals surface area contributed by atoms with Gasteiger partial charge in [-0.2, -0.15) is 9.47 Å². The molecule has 0 spiro atoms. The van der Waals surface area contributed by atoms with Gasteiger partial charge < -0.3 is 4.90 Å². The summed E-state index contributed by atoms with van der Waals surface area (Å²) < 4.78 is 4.48. The first-order chi connectivity index (χ1) is 12.7. The Balaban J connectivity index is 1.42. The van der Waals surface area contributed by atoms with Crippen LogP contribution in [0.25, 0.3) is 11.4 Å². The molecule has 0 saturated carbocycles. The van der Waals surface area contributed by atoms with E-state index >= 15 is 0 Å². The molecule has 2 aromatic heterocycles. The average molecular weight is 369 g/mol. The van der Waals surface area contributed by atoms with E-state index in [-0.39, 0.29) is 0 Å². The third-order valence-electron chi connectivity index (χ3n) is 4.63. The highest BCUT2D eigenvalue weighted by molar-refractivity contribution is 7.09. The highest BCUT2D eigenvalue weighted by Crippen LogP contribution is 2.27. The third-order valence-corrected chi connectivity index (χ3v) is 5.55. The molecular formula is C18H23N7S. The average Bonchev–Trinajstić information content (AvgIpc) is 3.32. The lowest BCUT2D eigenvalue weighted by Gasteiger charge is -2.30. The highest BCUT2D eigenvalue weighted by atomic mass is 32.1. The van der Waals surface area contributed by atoms with Crippen molar-refractivity contribution in [2.24, 2.45) is 0 Å². The monoisotopic (exact) mass is 369 g/mol. The van der Waals surface area contributed by atoms with Gasteiger partial charge in [-0.25, -0.2) is 9.97 Å². The zero-order valence-electron chi connectivity index (χ0n) is 15.1. The van der Waals surface area contributed by atoms with E-state index < -0.39 is 0 Å². The molecule has 1 aliphatic rings. The highest BCUT2D eigenvalue weighted by Gasteiger charge is 2.25. The summed E-state index contributed by atoms with van der Waals surface area (Å²) >= 11 is 1.45. The van der Waals surface area contributed by atoms with Gasteiger partial charge in [0.05, 0.1) is 6.54 Å². The molecule has 0 amide bonds. The Bertz CT molecular complexity index is 842.